The summed E-state index contributed by atoms with van der Waals surface area (Å²) in [6.45, 7) is 4.00. The first-order valence-corrected chi connectivity index (χ1v) is 6.88. The average molecular weight is 336 g/mol. The van der Waals surface area contributed by atoms with Crippen LogP contribution in [0.25, 0.3) is 11.3 Å². The summed E-state index contributed by atoms with van der Waals surface area (Å²) in [5, 5.41) is 6.41. The fraction of sp³-hybridized carbons (Fsp3) is 0.308. The number of aromatic nitrogens is 1. The van der Waals surface area contributed by atoms with Gasteiger partial charge in [-0.3, -0.25) is 0 Å². The summed E-state index contributed by atoms with van der Waals surface area (Å²) >= 11 is 1.65. The van der Waals surface area contributed by atoms with E-state index in [1.165, 1.54) is 12.1 Å². The van der Waals surface area contributed by atoms with Crippen LogP contribution in [0.2, 0.25) is 0 Å². The van der Waals surface area contributed by atoms with E-state index in [1.807, 2.05) is 5.38 Å². The van der Waals surface area contributed by atoms with Crippen LogP contribution in [0.5, 0.6) is 0 Å². The predicted molar refractivity (Wildman–Crippen MR) is 87.1 cm³/mol. The van der Waals surface area contributed by atoms with Crippen LogP contribution >= 0.6 is 36.2 Å². The molecule has 0 spiro atoms. The number of rotatable bonds is 2. The molecule has 0 atom stereocenters. The van der Waals surface area contributed by atoms with Gasteiger partial charge < -0.3 is 10.2 Å². The molecule has 3 rings (SSSR count). The molecule has 1 fully saturated rings. The maximum absolute atomic E-state index is 12.9. The van der Waals surface area contributed by atoms with Gasteiger partial charge in [0.15, 0.2) is 5.13 Å². The molecule has 0 aliphatic carbocycles. The zero-order valence-corrected chi connectivity index (χ0v) is 13.2. The highest BCUT2D eigenvalue weighted by atomic mass is 35.5. The van der Waals surface area contributed by atoms with E-state index in [4.69, 9.17) is 0 Å². The average Bonchev–Trinajstić information content (AvgIpc) is 2.90. The molecule has 0 radical (unpaired) electrons. The minimum Gasteiger partial charge on any atom is -0.346 e. The molecule has 110 valence electrons. The molecule has 2 heterocycles. The van der Waals surface area contributed by atoms with Gasteiger partial charge in [-0.15, -0.1) is 36.2 Å². The van der Waals surface area contributed by atoms with E-state index in [-0.39, 0.29) is 30.6 Å². The topological polar surface area (TPSA) is 28.2 Å². The second-order valence-electron chi connectivity index (χ2n) is 4.26. The molecule has 1 aliphatic heterocycles. The molecule has 3 nitrogen and oxygen atoms in total. The Morgan fingerprint density at radius 1 is 1.10 bits per heavy atom. The third-order valence-corrected chi connectivity index (χ3v) is 3.92. The zero-order valence-electron chi connectivity index (χ0n) is 10.7. The van der Waals surface area contributed by atoms with Gasteiger partial charge >= 0.3 is 0 Å². The molecule has 0 saturated carbocycles. The molecule has 0 bridgehead atoms. The van der Waals surface area contributed by atoms with E-state index >= 15 is 0 Å². The second-order valence-corrected chi connectivity index (χ2v) is 5.10. The zero-order chi connectivity index (χ0) is 12.4. The van der Waals surface area contributed by atoms with Gasteiger partial charge in [0.2, 0.25) is 0 Å². The number of hydrogen-bond acceptors (Lipinski definition) is 4. The lowest BCUT2D eigenvalue weighted by Crippen LogP contribution is -2.43. The van der Waals surface area contributed by atoms with Crippen molar-refractivity contribution >= 4 is 41.3 Å². The molecule has 1 N–H and O–H groups in total. The molecule has 1 saturated heterocycles. The Morgan fingerprint density at radius 3 is 2.40 bits per heavy atom. The Kier molecular flexibility index (Phi) is 6.68. The minimum absolute atomic E-state index is 0. The number of anilines is 1. The van der Waals surface area contributed by atoms with Crippen molar-refractivity contribution in [1.29, 1.82) is 0 Å². The summed E-state index contributed by atoms with van der Waals surface area (Å²) in [4.78, 5) is 6.91. The normalized spacial score (nSPS) is 14.3. The van der Waals surface area contributed by atoms with E-state index in [0.717, 1.165) is 42.6 Å². The molecular formula is C13H16Cl2FN3S. The lowest BCUT2D eigenvalue weighted by molar-refractivity contribution is 0.588. The Hall–Kier alpha value is -0.880. The van der Waals surface area contributed by atoms with Gasteiger partial charge in [-0.1, -0.05) is 0 Å². The second kappa shape index (κ2) is 7.78. The highest BCUT2D eigenvalue weighted by Crippen LogP contribution is 2.27. The van der Waals surface area contributed by atoms with Crippen molar-refractivity contribution in [1.82, 2.24) is 10.3 Å². The highest BCUT2D eigenvalue weighted by Gasteiger charge is 2.14. The lowest BCUT2D eigenvalue weighted by Gasteiger charge is -2.26. The Balaban J connectivity index is 0.000001000. The van der Waals surface area contributed by atoms with Gasteiger partial charge in [0, 0.05) is 37.1 Å². The molecule has 0 unspecified atom stereocenters. The van der Waals surface area contributed by atoms with Crippen molar-refractivity contribution in [2.24, 2.45) is 0 Å². The molecular weight excluding hydrogens is 320 g/mol. The summed E-state index contributed by atoms with van der Waals surface area (Å²) < 4.78 is 12.9. The van der Waals surface area contributed by atoms with Crippen molar-refractivity contribution in [3.8, 4) is 11.3 Å². The lowest BCUT2D eigenvalue weighted by atomic mass is 10.2. The fourth-order valence-corrected chi connectivity index (χ4v) is 2.91. The Labute approximate surface area is 134 Å². The maximum atomic E-state index is 12.9. The predicted octanol–water partition coefficient (Wildman–Crippen LogP) is 3.20. The van der Waals surface area contributed by atoms with Crippen molar-refractivity contribution in [2.75, 3.05) is 31.1 Å². The summed E-state index contributed by atoms with van der Waals surface area (Å²) in [5.41, 5.74) is 1.89. The van der Waals surface area contributed by atoms with Gasteiger partial charge in [0.25, 0.3) is 0 Å². The molecule has 1 aromatic carbocycles. The fourth-order valence-electron chi connectivity index (χ4n) is 2.02. The van der Waals surface area contributed by atoms with E-state index < -0.39 is 0 Å². The van der Waals surface area contributed by atoms with Gasteiger partial charge in [0.05, 0.1) is 5.69 Å². The highest BCUT2D eigenvalue weighted by molar-refractivity contribution is 7.14. The number of benzene rings is 1. The van der Waals surface area contributed by atoms with Crippen molar-refractivity contribution in [3.05, 3.63) is 35.5 Å². The van der Waals surface area contributed by atoms with E-state index in [2.05, 4.69) is 15.2 Å². The molecule has 0 amide bonds. The van der Waals surface area contributed by atoms with Crippen LogP contribution in [0, 0.1) is 5.82 Å². The minimum atomic E-state index is -0.212. The van der Waals surface area contributed by atoms with E-state index in [1.54, 1.807) is 23.5 Å². The Bertz CT molecular complexity index is 527. The maximum Gasteiger partial charge on any atom is 0.185 e. The monoisotopic (exact) mass is 335 g/mol. The third-order valence-electron chi connectivity index (χ3n) is 3.02. The first kappa shape index (κ1) is 17.2. The Morgan fingerprint density at radius 2 is 1.75 bits per heavy atom. The number of hydrogen-bond donors (Lipinski definition) is 1. The van der Waals surface area contributed by atoms with Crippen LogP contribution in [-0.4, -0.2) is 31.2 Å². The smallest absolute Gasteiger partial charge is 0.185 e. The molecule has 7 heteroatoms. The number of thiazole rings is 1. The summed E-state index contributed by atoms with van der Waals surface area (Å²) in [7, 11) is 0. The van der Waals surface area contributed by atoms with Crippen molar-refractivity contribution in [2.45, 2.75) is 0 Å². The SMILES string of the molecule is Cl.Cl.Fc1ccc(-c2csc(N3CCNCC3)n2)cc1. The molecule has 1 aliphatic rings. The van der Waals surface area contributed by atoms with Crippen LogP contribution in [-0.2, 0) is 0 Å². The number of piperazine rings is 1. The van der Waals surface area contributed by atoms with E-state index in [9.17, 15) is 4.39 Å². The van der Waals surface area contributed by atoms with Crippen LogP contribution in [0.1, 0.15) is 0 Å². The number of nitrogens with one attached hydrogen (secondary N) is 1. The van der Waals surface area contributed by atoms with E-state index in [0.29, 0.717) is 0 Å². The molecule has 2 aromatic rings. The largest absolute Gasteiger partial charge is 0.346 e. The molecule has 20 heavy (non-hydrogen) atoms. The van der Waals surface area contributed by atoms with Gasteiger partial charge in [-0.25, -0.2) is 9.37 Å². The van der Waals surface area contributed by atoms with Crippen molar-refractivity contribution in [3.63, 3.8) is 0 Å². The standard InChI is InChI=1S/C13H14FN3S.2ClH/c14-11-3-1-10(2-4-11)12-9-18-13(16-12)17-7-5-15-6-8-17;;/h1-4,9,15H,5-8H2;2*1H. The first-order valence-electron chi connectivity index (χ1n) is 6.00. The quantitative estimate of drug-likeness (QED) is 0.913. The van der Waals surface area contributed by atoms with Crippen molar-refractivity contribution < 1.29 is 4.39 Å². The summed E-state index contributed by atoms with van der Waals surface area (Å²) in [5.74, 6) is -0.212. The van der Waals surface area contributed by atoms with Crippen LogP contribution < -0.4 is 10.2 Å². The third kappa shape index (κ3) is 3.82. The first-order chi connectivity index (χ1) is 8.83. The van der Waals surface area contributed by atoms with Gasteiger partial charge in [-0.05, 0) is 24.3 Å². The van der Waals surface area contributed by atoms with Gasteiger partial charge in [0.1, 0.15) is 5.82 Å². The van der Waals surface area contributed by atoms with Crippen LogP contribution in [0.15, 0.2) is 29.6 Å². The van der Waals surface area contributed by atoms with Gasteiger partial charge in [-0.2, -0.15) is 0 Å². The summed E-state index contributed by atoms with van der Waals surface area (Å²) in [6, 6.07) is 6.48. The van der Waals surface area contributed by atoms with Crippen LogP contribution in [0.3, 0.4) is 0 Å². The summed E-state index contributed by atoms with van der Waals surface area (Å²) in [6.07, 6.45) is 0. The number of halogens is 3. The molecule has 1 aromatic heterocycles. The number of nitrogens with zero attached hydrogens (tertiary/aromatic N) is 2. The van der Waals surface area contributed by atoms with Crippen LogP contribution in [0.4, 0.5) is 9.52 Å².